The lowest BCUT2D eigenvalue weighted by molar-refractivity contribution is 0.355. The third-order valence-electron chi connectivity index (χ3n) is 3.78. The van der Waals surface area contributed by atoms with E-state index in [9.17, 15) is 0 Å². The van der Waals surface area contributed by atoms with Gasteiger partial charge in [-0.25, -0.2) is 9.97 Å². The van der Waals surface area contributed by atoms with Crippen molar-refractivity contribution in [1.29, 1.82) is 0 Å². The number of hydrogen-bond donors (Lipinski definition) is 1. The van der Waals surface area contributed by atoms with Crippen LogP contribution in [-0.2, 0) is 6.42 Å². The zero-order valence-electron chi connectivity index (χ0n) is 13.3. The van der Waals surface area contributed by atoms with E-state index in [2.05, 4.69) is 49.0 Å². The minimum Gasteiger partial charge on any atom is -0.370 e. The summed E-state index contributed by atoms with van der Waals surface area (Å²) in [5, 5.41) is 3.33. The summed E-state index contributed by atoms with van der Waals surface area (Å²) in [7, 11) is 0. The van der Waals surface area contributed by atoms with Gasteiger partial charge in [-0.3, -0.25) is 0 Å². The molecule has 1 saturated heterocycles. The molecule has 112 valence electrons. The summed E-state index contributed by atoms with van der Waals surface area (Å²) in [5.74, 6) is 4.51. The maximum absolute atomic E-state index is 4.77. The Bertz CT molecular complexity index is 398. The third-order valence-corrected chi connectivity index (χ3v) is 3.78. The van der Waals surface area contributed by atoms with Gasteiger partial charge < -0.3 is 10.2 Å². The molecule has 0 amide bonds. The zero-order valence-corrected chi connectivity index (χ0v) is 13.3. The van der Waals surface area contributed by atoms with Crippen LogP contribution in [0, 0.1) is 11.8 Å². The minimum atomic E-state index is 0.742. The average molecular weight is 276 g/mol. The fourth-order valence-corrected chi connectivity index (χ4v) is 3.10. The van der Waals surface area contributed by atoms with Crippen molar-refractivity contribution < 1.29 is 0 Å². The molecule has 4 heteroatoms. The van der Waals surface area contributed by atoms with Gasteiger partial charge in [0.25, 0.3) is 0 Å². The number of piperidine rings is 1. The summed E-state index contributed by atoms with van der Waals surface area (Å²) in [6.07, 6.45) is 3.36. The van der Waals surface area contributed by atoms with Crippen molar-refractivity contribution in [2.75, 3.05) is 29.9 Å². The van der Waals surface area contributed by atoms with E-state index in [0.29, 0.717) is 0 Å². The molecule has 4 nitrogen and oxygen atoms in total. The second kappa shape index (κ2) is 6.91. The fourth-order valence-electron chi connectivity index (χ4n) is 3.10. The van der Waals surface area contributed by atoms with Crippen LogP contribution < -0.4 is 10.2 Å². The van der Waals surface area contributed by atoms with Crippen molar-refractivity contribution in [2.24, 2.45) is 11.8 Å². The smallest absolute Gasteiger partial charge is 0.134 e. The Hall–Kier alpha value is -1.32. The molecule has 1 aromatic rings. The molecule has 0 aromatic carbocycles. The van der Waals surface area contributed by atoms with Crippen LogP contribution in [0.4, 0.5) is 11.6 Å². The van der Waals surface area contributed by atoms with Gasteiger partial charge in [0, 0.05) is 32.1 Å². The van der Waals surface area contributed by atoms with E-state index in [0.717, 1.165) is 61.8 Å². The van der Waals surface area contributed by atoms with Gasteiger partial charge in [-0.15, -0.1) is 0 Å². The van der Waals surface area contributed by atoms with Gasteiger partial charge in [-0.05, 0) is 31.6 Å². The first-order chi connectivity index (χ1) is 9.62. The highest BCUT2D eigenvalue weighted by Gasteiger charge is 2.23. The van der Waals surface area contributed by atoms with Gasteiger partial charge in [0.05, 0.1) is 0 Å². The first-order valence-electron chi connectivity index (χ1n) is 7.99. The monoisotopic (exact) mass is 276 g/mol. The zero-order chi connectivity index (χ0) is 14.5. The molecule has 1 aliphatic heterocycles. The van der Waals surface area contributed by atoms with E-state index in [1.807, 2.05) is 0 Å². The van der Waals surface area contributed by atoms with E-state index < -0.39 is 0 Å². The highest BCUT2D eigenvalue weighted by Crippen LogP contribution is 2.26. The predicted molar refractivity (Wildman–Crippen MR) is 85.3 cm³/mol. The largest absolute Gasteiger partial charge is 0.370 e. The molecule has 2 heterocycles. The maximum Gasteiger partial charge on any atom is 0.134 e. The Kier molecular flexibility index (Phi) is 5.21. The van der Waals surface area contributed by atoms with Crippen LogP contribution in [0.2, 0.25) is 0 Å². The molecule has 0 bridgehead atoms. The van der Waals surface area contributed by atoms with Crippen molar-refractivity contribution in [1.82, 2.24) is 9.97 Å². The predicted octanol–water partition coefficient (Wildman–Crippen LogP) is 3.34. The Morgan fingerprint density at radius 2 is 1.90 bits per heavy atom. The molecule has 1 aromatic heterocycles. The fraction of sp³-hybridized carbons (Fsp3) is 0.750. The average Bonchev–Trinajstić information content (AvgIpc) is 2.38. The summed E-state index contributed by atoms with van der Waals surface area (Å²) < 4.78 is 0. The quantitative estimate of drug-likeness (QED) is 0.895. The van der Waals surface area contributed by atoms with Crippen molar-refractivity contribution >= 4 is 11.6 Å². The SMILES string of the molecule is CCCc1nc(NCC)cc(N2CC(C)CC(C)C2)n1. The lowest BCUT2D eigenvalue weighted by Gasteiger charge is -2.36. The molecule has 20 heavy (non-hydrogen) atoms. The van der Waals surface area contributed by atoms with Gasteiger partial charge in [-0.2, -0.15) is 0 Å². The first kappa shape index (κ1) is 15.1. The normalized spacial score (nSPS) is 22.9. The summed E-state index contributed by atoms with van der Waals surface area (Å²) in [6, 6.07) is 2.10. The molecule has 0 radical (unpaired) electrons. The highest BCUT2D eigenvalue weighted by molar-refractivity contribution is 5.49. The number of nitrogens with one attached hydrogen (secondary N) is 1. The highest BCUT2D eigenvalue weighted by atomic mass is 15.2. The minimum absolute atomic E-state index is 0.742. The molecule has 2 rings (SSSR count). The van der Waals surface area contributed by atoms with Crippen LogP contribution >= 0.6 is 0 Å². The summed E-state index contributed by atoms with van der Waals surface area (Å²) in [6.45, 7) is 12.1. The molecular formula is C16H28N4. The number of aryl methyl sites for hydroxylation is 1. The van der Waals surface area contributed by atoms with Gasteiger partial charge >= 0.3 is 0 Å². The van der Waals surface area contributed by atoms with Crippen molar-refractivity contribution in [3.8, 4) is 0 Å². The second-order valence-corrected chi connectivity index (χ2v) is 6.16. The van der Waals surface area contributed by atoms with Crippen LogP contribution in [0.3, 0.4) is 0 Å². The summed E-state index contributed by atoms with van der Waals surface area (Å²) in [5.41, 5.74) is 0. The van der Waals surface area contributed by atoms with Crippen molar-refractivity contribution in [2.45, 2.75) is 47.0 Å². The molecule has 2 atom stereocenters. The van der Waals surface area contributed by atoms with Crippen LogP contribution in [0.5, 0.6) is 0 Å². The Labute approximate surface area is 123 Å². The number of nitrogens with zero attached hydrogens (tertiary/aromatic N) is 3. The molecule has 1 N–H and O–H groups in total. The Morgan fingerprint density at radius 1 is 1.20 bits per heavy atom. The molecular weight excluding hydrogens is 248 g/mol. The lowest BCUT2D eigenvalue weighted by atomic mass is 9.92. The van der Waals surface area contributed by atoms with Crippen molar-refractivity contribution in [3.63, 3.8) is 0 Å². The molecule has 1 fully saturated rings. The standard InChI is InChI=1S/C16H28N4/c1-5-7-14-18-15(17-6-2)9-16(19-14)20-10-12(3)8-13(4)11-20/h9,12-13H,5-8,10-11H2,1-4H3,(H,17,18,19). The van der Waals surface area contributed by atoms with Crippen LogP contribution in [0.25, 0.3) is 0 Å². The number of anilines is 2. The van der Waals surface area contributed by atoms with E-state index in [-0.39, 0.29) is 0 Å². The Balaban J connectivity index is 2.24. The second-order valence-electron chi connectivity index (χ2n) is 6.16. The first-order valence-corrected chi connectivity index (χ1v) is 7.99. The van der Waals surface area contributed by atoms with E-state index >= 15 is 0 Å². The van der Waals surface area contributed by atoms with E-state index in [4.69, 9.17) is 4.98 Å². The topological polar surface area (TPSA) is 41.1 Å². The summed E-state index contributed by atoms with van der Waals surface area (Å²) >= 11 is 0. The van der Waals surface area contributed by atoms with Crippen LogP contribution in [0.15, 0.2) is 6.07 Å². The molecule has 0 spiro atoms. The molecule has 1 aliphatic rings. The maximum atomic E-state index is 4.77. The summed E-state index contributed by atoms with van der Waals surface area (Å²) in [4.78, 5) is 11.8. The van der Waals surface area contributed by atoms with E-state index in [1.54, 1.807) is 0 Å². The number of aromatic nitrogens is 2. The lowest BCUT2D eigenvalue weighted by Crippen LogP contribution is -2.39. The van der Waals surface area contributed by atoms with Crippen molar-refractivity contribution in [3.05, 3.63) is 11.9 Å². The van der Waals surface area contributed by atoms with Gasteiger partial charge in [-0.1, -0.05) is 20.8 Å². The number of hydrogen-bond acceptors (Lipinski definition) is 4. The van der Waals surface area contributed by atoms with Gasteiger partial charge in [0.15, 0.2) is 0 Å². The number of rotatable bonds is 5. The molecule has 0 saturated carbocycles. The van der Waals surface area contributed by atoms with Gasteiger partial charge in [0.1, 0.15) is 17.5 Å². The third kappa shape index (κ3) is 3.84. The molecule has 0 aliphatic carbocycles. The van der Waals surface area contributed by atoms with Gasteiger partial charge in [0.2, 0.25) is 0 Å². The van der Waals surface area contributed by atoms with Crippen LogP contribution in [-0.4, -0.2) is 29.6 Å². The Morgan fingerprint density at radius 3 is 2.50 bits per heavy atom. The van der Waals surface area contributed by atoms with Crippen LogP contribution in [0.1, 0.15) is 46.4 Å². The molecule has 2 unspecified atom stereocenters. The van der Waals surface area contributed by atoms with E-state index in [1.165, 1.54) is 6.42 Å².